The molecule has 3 nitrogen and oxygen atoms in total. The van der Waals surface area contributed by atoms with Gasteiger partial charge < -0.3 is 14.7 Å². The first-order valence-corrected chi connectivity index (χ1v) is 7.58. The standard InChI is InChI=1S/C17H27NO2/c1-18(2)13-15-8-5-4-6-11-17(15,19)14-9-7-10-16(12-14)20-3/h7,9-10,12,15,19H,4-6,8,11,13H2,1-3H3. The van der Waals surface area contributed by atoms with Crippen LogP contribution in [0.15, 0.2) is 24.3 Å². The molecule has 0 heterocycles. The number of nitrogens with zero attached hydrogens (tertiary/aromatic N) is 1. The Hall–Kier alpha value is -1.06. The third-order valence-electron chi connectivity index (χ3n) is 4.44. The molecular weight excluding hydrogens is 250 g/mol. The molecule has 1 saturated carbocycles. The summed E-state index contributed by atoms with van der Waals surface area (Å²) in [6.45, 7) is 0.924. The maximum absolute atomic E-state index is 11.4. The summed E-state index contributed by atoms with van der Waals surface area (Å²) >= 11 is 0. The third kappa shape index (κ3) is 3.33. The first-order valence-electron chi connectivity index (χ1n) is 7.58. The number of hydrogen-bond acceptors (Lipinski definition) is 3. The van der Waals surface area contributed by atoms with Crippen molar-refractivity contribution in [3.8, 4) is 5.75 Å². The van der Waals surface area contributed by atoms with Crippen molar-refractivity contribution in [1.82, 2.24) is 4.90 Å². The van der Waals surface area contributed by atoms with Crippen LogP contribution < -0.4 is 4.74 Å². The summed E-state index contributed by atoms with van der Waals surface area (Å²) in [7, 11) is 5.83. The number of benzene rings is 1. The van der Waals surface area contributed by atoms with Crippen LogP contribution in [0, 0.1) is 5.92 Å². The van der Waals surface area contributed by atoms with E-state index in [2.05, 4.69) is 19.0 Å². The molecule has 0 amide bonds. The van der Waals surface area contributed by atoms with Crippen LogP contribution in [0.3, 0.4) is 0 Å². The van der Waals surface area contributed by atoms with Gasteiger partial charge in [0, 0.05) is 12.5 Å². The maximum atomic E-state index is 11.4. The zero-order valence-corrected chi connectivity index (χ0v) is 12.9. The lowest BCUT2D eigenvalue weighted by Gasteiger charge is -2.37. The molecule has 1 aromatic rings. The Kier molecular flexibility index (Phi) is 5.06. The fourth-order valence-corrected chi connectivity index (χ4v) is 3.36. The first-order chi connectivity index (χ1) is 9.56. The third-order valence-corrected chi connectivity index (χ3v) is 4.44. The van der Waals surface area contributed by atoms with Crippen molar-refractivity contribution in [2.24, 2.45) is 5.92 Å². The number of ether oxygens (including phenoxy) is 1. The van der Waals surface area contributed by atoms with Crippen LogP contribution in [0.2, 0.25) is 0 Å². The predicted molar refractivity (Wildman–Crippen MR) is 82.0 cm³/mol. The van der Waals surface area contributed by atoms with Gasteiger partial charge in [-0.1, -0.05) is 31.4 Å². The molecule has 1 N–H and O–H groups in total. The maximum Gasteiger partial charge on any atom is 0.119 e. The van der Waals surface area contributed by atoms with Crippen LogP contribution >= 0.6 is 0 Å². The largest absolute Gasteiger partial charge is 0.497 e. The van der Waals surface area contributed by atoms with Crippen LogP contribution in [-0.2, 0) is 5.60 Å². The monoisotopic (exact) mass is 277 g/mol. The van der Waals surface area contributed by atoms with E-state index in [9.17, 15) is 5.11 Å². The Balaban J connectivity index is 2.34. The Bertz CT molecular complexity index is 433. The zero-order chi connectivity index (χ0) is 14.6. The van der Waals surface area contributed by atoms with Gasteiger partial charge in [0.15, 0.2) is 0 Å². The van der Waals surface area contributed by atoms with E-state index in [1.807, 2.05) is 24.3 Å². The smallest absolute Gasteiger partial charge is 0.119 e. The molecule has 2 atom stereocenters. The average molecular weight is 277 g/mol. The van der Waals surface area contributed by atoms with Crippen LogP contribution in [0.5, 0.6) is 5.75 Å². The molecule has 0 aromatic heterocycles. The van der Waals surface area contributed by atoms with E-state index in [0.29, 0.717) is 0 Å². The van der Waals surface area contributed by atoms with E-state index in [4.69, 9.17) is 4.74 Å². The van der Waals surface area contributed by atoms with Gasteiger partial charge in [0.25, 0.3) is 0 Å². The van der Waals surface area contributed by atoms with E-state index in [1.54, 1.807) is 7.11 Å². The van der Waals surface area contributed by atoms with Gasteiger partial charge in [0.2, 0.25) is 0 Å². The van der Waals surface area contributed by atoms with Gasteiger partial charge in [-0.2, -0.15) is 0 Å². The Morgan fingerprint density at radius 2 is 2.10 bits per heavy atom. The molecular formula is C17H27NO2. The van der Waals surface area contributed by atoms with Crippen molar-refractivity contribution < 1.29 is 9.84 Å². The fourth-order valence-electron chi connectivity index (χ4n) is 3.36. The summed E-state index contributed by atoms with van der Waals surface area (Å²) in [5, 5.41) is 11.4. The summed E-state index contributed by atoms with van der Waals surface area (Å²) in [5.74, 6) is 1.11. The van der Waals surface area contributed by atoms with Crippen LogP contribution in [0.25, 0.3) is 0 Å². The SMILES string of the molecule is COc1cccc(C2(O)CCCCCC2CN(C)C)c1. The lowest BCUT2D eigenvalue weighted by Crippen LogP contribution is -2.40. The van der Waals surface area contributed by atoms with Crippen molar-refractivity contribution in [2.75, 3.05) is 27.7 Å². The molecule has 2 rings (SSSR count). The fraction of sp³-hybridized carbons (Fsp3) is 0.647. The summed E-state index contributed by atoms with van der Waals surface area (Å²) in [5.41, 5.74) is 0.278. The number of methoxy groups -OCH3 is 1. The Morgan fingerprint density at radius 3 is 2.80 bits per heavy atom. The molecule has 1 fully saturated rings. The summed E-state index contributed by atoms with van der Waals surface area (Å²) in [6, 6.07) is 7.94. The number of rotatable bonds is 4. The molecule has 20 heavy (non-hydrogen) atoms. The van der Waals surface area contributed by atoms with E-state index in [0.717, 1.165) is 37.1 Å². The average Bonchev–Trinajstić information content (AvgIpc) is 2.62. The minimum atomic E-state index is -0.727. The lowest BCUT2D eigenvalue weighted by molar-refractivity contribution is -0.0389. The van der Waals surface area contributed by atoms with E-state index < -0.39 is 5.60 Å². The van der Waals surface area contributed by atoms with Gasteiger partial charge in [-0.25, -0.2) is 0 Å². The van der Waals surface area contributed by atoms with Crippen LogP contribution in [0.1, 0.15) is 37.7 Å². The minimum Gasteiger partial charge on any atom is -0.497 e. The quantitative estimate of drug-likeness (QED) is 0.859. The van der Waals surface area contributed by atoms with E-state index in [1.165, 1.54) is 12.8 Å². The highest BCUT2D eigenvalue weighted by atomic mass is 16.5. The predicted octanol–water partition coefficient (Wildman–Crippen LogP) is 3.02. The summed E-state index contributed by atoms with van der Waals surface area (Å²) in [6.07, 6.45) is 5.46. The van der Waals surface area contributed by atoms with Gasteiger partial charge >= 0.3 is 0 Å². The summed E-state index contributed by atoms with van der Waals surface area (Å²) < 4.78 is 5.32. The van der Waals surface area contributed by atoms with E-state index in [-0.39, 0.29) is 5.92 Å². The molecule has 1 aliphatic carbocycles. The molecule has 0 saturated heterocycles. The molecule has 0 radical (unpaired) electrons. The molecule has 2 unspecified atom stereocenters. The molecule has 3 heteroatoms. The normalized spacial score (nSPS) is 27.4. The molecule has 112 valence electrons. The first kappa shape index (κ1) is 15.3. The topological polar surface area (TPSA) is 32.7 Å². The van der Waals surface area contributed by atoms with Gasteiger partial charge in [0.1, 0.15) is 5.75 Å². The number of aliphatic hydroxyl groups is 1. The van der Waals surface area contributed by atoms with Crippen LogP contribution in [0.4, 0.5) is 0 Å². The van der Waals surface area contributed by atoms with Crippen molar-refractivity contribution in [3.63, 3.8) is 0 Å². The summed E-state index contributed by atoms with van der Waals surface area (Å²) in [4.78, 5) is 2.18. The molecule has 1 aromatic carbocycles. The second-order valence-electron chi connectivity index (χ2n) is 6.21. The van der Waals surface area contributed by atoms with Crippen molar-refractivity contribution in [3.05, 3.63) is 29.8 Å². The Morgan fingerprint density at radius 1 is 1.30 bits per heavy atom. The molecule has 0 aliphatic heterocycles. The highest BCUT2D eigenvalue weighted by Crippen LogP contribution is 2.41. The molecule has 1 aliphatic rings. The van der Waals surface area contributed by atoms with Gasteiger partial charge in [0.05, 0.1) is 12.7 Å². The second-order valence-corrected chi connectivity index (χ2v) is 6.21. The van der Waals surface area contributed by atoms with Gasteiger partial charge in [-0.3, -0.25) is 0 Å². The van der Waals surface area contributed by atoms with Crippen molar-refractivity contribution in [1.29, 1.82) is 0 Å². The Labute approximate surface area is 122 Å². The number of hydrogen-bond donors (Lipinski definition) is 1. The minimum absolute atomic E-state index is 0.284. The van der Waals surface area contributed by atoms with Crippen molar-refractivity contribution in [2.45, 2.75) is 37.7 Å². The lowest BCUT2D eigenvalue weighted by atomic mass is 9.77. The molecule has 0 spiro atoms. The van der Waals surface area contributed by atoms with E-state index >= 15 is 0 Å². The zero-order valence-electron chi connectivity index (χ0n) is 12.9. The van der Waals surface area contributed by atoms with Crippen LogP contribution in [-0.4, -0.2) is 37.8 Å². The highest BCUT2D eigenvalue weighted by molar-refractivity contribution is 5.33. The molecule has 0 bridgehead atoms. The van der Waals surface area contributed by atoms with Gasteiger partial charge in [-0.15, -0.1) is 0 Å². The second kappa shape index (κ2) is 6.59. The van der Waals surface area contributed by atoms with Crippen molar-refractivity contribution >= 4 is 0 Å². The van der Waals surface area contributed by atoms with Gasteiger partial charge in [-0.05, 0) is 44.6 Å². The highest BCUT2D eigenvalue weighted by Gasteiger charge is 2.39.